The average molecular weight is 600 g/mol. The molecule has 2 N–H and O–H groups in total. The lowest BCUT2D eigenvalue weighted by Gasteiger charge is -2.39. The van der Waals surface area contributed by atoms with Gasteiger partial charge >= 0.3 is 6.03 Å². The number of thiazole rings is 1. The highest BCUT2D eigenvalue weighted by atomic mass is 127. The molecule has 3 aromatic rings. The molecular formula is C23H23F2IN4OS2. The molecule has 0 unspecified atom stereocenters. The van der Waals surface area contributed by atoms with Crippen LogP contribution in [0, 0.1) is 24.0 Å². The van der Waals surface area contributed by atoms with E-state index >= 15 is 0 Å². The maximum Gasteiger partial charge on any atom is 0.330 e. The van der Waals surface area contributed by atoms with Crippen molar-refractivity contribution in [1.82, 2.24) is 4.98 Å². The second-order valence-electron chi connectivity index (χ2n) is 8.11. The van der Waals surface area contributed by atoms with Crippen LogP contribution in [0.3, 0.4) is 0 Å². The van der Waals surface area contributed by atoms with Crippen LogP contribution in [0.25, 0.3) is 11.1 Å². The summed E-state index contributed by atoms with van der Waals surface area (Å²) in [6.07, 6.45) is 2.12. The van der Waals surface area contributed by atoms with Crippen molar-refractivity contribution in [1.29, 1.82) is 0 Å². The first-order valence-corrected chi connectivity index (χ1v) is 14.1. The van der Waals surface area contributed by atoms with Gasteiger partial charge in [0, 0.05) is 29.8 Å². The minimum Gasteiger partial charge on any atom is -0.293 e. The molecule has 2 aliphatic rings. The van der Waals surface area contributed by atoms with Gasteiger partial charge in [-0.05, 0) is 72.5 Å². The van der Waals surface area contributed by atoms with Crippen molar-refractivity contribution >= 4 is 62.7 Å². The normalized spacial score (nSPS) is 16.6. The molecule has 2 aromatic carbocycles. The zero-order valence-electron chi connectivity index (χ0n) is 18.1. The van der Waals surface area contributed by atoms with Gasteiger partial charge in [-0.2, -0.15) is 0 Å². The number of benzene rings is 2. The molecular weight excluding hydrogens is 577 g/mol. The van der Waals surface area contributed by atoms with Crippen LogP contribution in [-0.4, -0.2) is 29.0 Å². The molecule has 0 radical (unpaired) electrons. The number of alkyl halides is 1. The van der Waals surface area contributed by atoms with Crippen molar-refractivity contribution in [2.24, 2.45) is 10.6 Å². The lowest BCUT2D eigenvalue weighted by Crippen LogP contribution is -2.55. The van der Waals surface area contributed by atoms with Crippen LogP contribution in [0.2, 0.25) is 0 Å². The number of carbonyl (C=O) groups is 1. The maximum absolute atomic E-state index is 14.1. The minimum atomic E-state index is -0.494. The molecule has 1 aliphatic carbocycles. The Morgan fingerprint density at radius 3 is 2.36 bits per heavy atom. The Balaban J connectivity index is 0.00000126. The number of urea groups is 1. The SMILES string of the molecule is CI.Cc1nc(N2CC3(CC3)CN(c3ccc(-c4cc(F)ccc4F)cc3)C2=O)sc1SN. The third kappa shape index (κ3) is 4.89. The number of carbonyl (C=O) groups excluding carboxylic acids is 1. The fourth-order valence-electron chi connectivity index (χ4n) is 3.98. The summed E-state index contributed by atoms with van der Waals surface area (Å²) in [5, 5.41) is 6.37. The van der Waals surface area contributed by atoms with Crippen LogP contribution >= 0.6 is 45.9 Å². The molecule has 2 amide bonds. The molecule has 0 atom stereocenters. The van der Waals surface area contributed by atoms with E-state index < -0.39 is 11.6 Å². The third-order valence-electron chi connectivity index (χ3n) is 5.91. The Kier molecular flexibility index (Phi) is 7.27. The van der Waals surface area contributed by atoms with Crippen molar-refractivity contribution in [3.05, 3.63) is 59.8 Å². The molecule has 2 heterocycles. The standard InChI is InChI=1S/C22H20F2N4OS2.CH3I/c1-13-19(31-25)30-20(26-13)28-12-22(8-9-22)11-27(21(28)29)16-5-2-14(3-6-16)17-10-15(23)4-7-18(17)24;1-2/h2-7,10H,8-9,11-12,25H2,1H3;1H3. The molecule has 1 spiro atoms. The molecule has 1 saturated heterocycles. The summed E-state index contributed by atoms with van der Waals surface area (Å²) in [4.78, 5) is 23.4. The number of nitrogens with two attached hydrogens (primary N) is 1. The highest BCUT2D eigenvalue weighted by molar-refractivity contribution is 14.1. The van der Waals surface area contributed by atoms with Gasteiger partial charge in [-0.1, -0.05) is 46.1 Å². The lowest BCUT2D eigenvalue weighted by molar-refractivity contribution is 0.243. The number of anilines is 2. The first kappa shape index (κ1) is 24.4. The van der Waals surface area contributed by atoms with Gasteiger partial charge in [-0.25, -0.2) is 18.6 Å². The fraction of sp³-hybridized carbons (Fsp3) is 0.304. The van der Waals surface area contributed by atoms with Gasteiger partial charge in [-0.15, -0.1) is 0 Å². The third-order valence-corrected chi connectivity index (χ3v) is 7.93. The van der Waals surface area contributed by atoms with Gasteiger partial charge in [-0.3, -0.25) is 14.9 Å². The maximum atomic E-state index is 14.1. The first-order chi connectivity index (χ1) is 15.9. The van der Waals surface area contributed by atoms with E-state index in [1.165, 1.54) is 17.4 Å². The van der Waals surface area contributed by atoms with Crippen LogP contribution < -0.4 is 14.9 Å². The molecule has 2 fully saturated rings. The number of aromatic nitrogens is 1. The summed E-state index contributed by atoms with van der Waals surface area (Å²) in [5.74, 6) is -0.981. The zero-order chi connectivity index (χ0) is 23.8. The molecule has 33 heavy (non-hydrogen) atoms. The predicted octanol–water partition coefficient (Wildman–Crippen LogP) is 6.64. The van der Waals surface area contributed by atoms with E-state index in [2.05, 4.69) is 27.6 Å². The number of halogens is 3. The van der Waals surface area contributed by atoms with Crippen molar-refractivity contribution in [2.45, 2.75) is 24.0 Å². The number of aryl methyl sites for hydroxylation is 1. The second kappa shape index (κ2) is 9.85. The number of nitrogens with zero attached hydrogens (tertiary/aromatic N) is 3. The summed E-state index contributed by atoms with van der Waals surface area (Å²) >= 11 is 4.72. The van der Waals surface area contributed by atoms with E-state index in [1.54, 1.807) is 34.1 Å². The van der Waals surface area contributed by atoms with Crippen LogP contribution in [0.4, 0.5) is 24.4 Å². The Bertz CT molecular complexity index is 1170. The van der Waals surface area contributed by atoms with Gasteiger partial charge in [0.1, 0.15) is 11.6 Å². The van der Waals surface area contributed by atoms with E-state index in [9.17, 15) is 13.6 Å². The molecule has 10 heteroatoms. The minimum absolute atomic E-state index is 0.0663. The van der Waals surface area contributed by atoms with Crippen LogP contribution in [0.1, 0.15) is 18.5 Å². The first-order valence-electron chi connectivity index (χ1n) is 10.3. The summed E-state index contributed by atoms with van der Waals surface area (Å²) in [6.45, 7) is 3.17. The Morgan fingerprint density at radius 2 is 1.76 bits per heavy atom. The van der Waals surface area contributed by atoms with E-state index in [1.807, 2.05) is 11.9 Å². The molecule has 0 bridgehead atoms. The Labute approximate surface area is 213 Å². The Morgan fingerprint density at radius 1 is 1.09 bits per heavy atom. The highest BCUT2D eigenvalue weighted by Gasteiger charge is 2.52. The molecule has 5 rings (SSSR count). The molecule has 5 nitrogen and oxygen atoms in total. The summed E-state index contributed by atoms with van der Waals surface area (Å²) in [6, 6.07) is 10.3. The highest BCUT2D eigenvalue weighted by Crippen LogP contribution is 2.51. The molecule has 1 aliphatic heterocycles. The van der Waals surface area contributed by atoms with Gasteiger partial charge in [0.15, 0.2) is 5.13 Å². The van der Waals surface area contributed by atoms with Crippen LogP contribution in [0.15, 0.2) is 46.7 Å². The quantitative estimate of drug-likeness (QED) is 0.207. The number of hydrogen-bond donors (Lipinski definition) is 1. The van der Waals surface area contributed by atoms with Crippen LogP contribution in [-0.2, 0) is 0 Å². The van der Waals surface area contributed by atoms with Crippen molar-refractivity contribution in [3.63, 3.8) is 0 Å². The second-order valence-corrected chi connectivity index (χ2v) is 9.99. The van der Waals surface area contributed by atoms with E-state index in [0.717, 1.165) is 52.5 Å². The van der Waals surface area contributed by atoms with Crippen molar-refractivity contribution < 1.29 is 13.6 Å². The van der Waals surface area contributed by atoms with Gasteiger partial charge in [0.2, 0.25) is 0 Å². The summed E-state index contributed by atoms with van der Waals surface area (Å²) in [5.41, 5.74) is 2.37. The lowest BCUT2D eigenvalue weighted by atomic mass is 10.0. The smallest absolute Gasteiger partial charge is 0.293 e. The molecule has 1 aromatic heterocycles. The molecule has 174 valence electrons. The number of amides is 2. The van der Waals surface area contributed by atoms with E-state index in [-0.39, 0.29) is 17.0 Å². The largest absolute Gasteiger partial charge is 0.330 e. The fourth-order valence-corrected chi connectivity index (χ4v) is 5.41. The number of rotatable bonds is 4. The van der Waals surface area contributed by atoms with E-state index in [0.29, 0.717) is 23.8 Å². The predicted molar refractivity (Wildman–Crippen MR) is 140 cm³/mol. The monoisotopic (exact) mass is 600 g/mol. The summed E-state index contributed by atoms with van der Waals surface area (Å²) in [7, 11) is 0. The van der Waals surface area contributed by atoms with Crippen LogP contribution in [0.5, 0.6) is 0 Å². The van der Waals surface area contributed by atoms with Gasteiger partial charge < -0.3 is 0 Å². The van der Waals surface area contributed by atoms with Crippen molar-refractivity contribution in [2.75, 3.05) is 27.8 Å². The van der Waals surface area contributed by atoms with Gasteiger partial charge in [0.05, 0.1) is 9.90 Å². The topological polar surface area (TPSA) is 62.5 Å². The average Bonchev–Trinajstić information content (AvgIpc) is 3.48. The van der Waals surface area contributed by atoms with E-state index in [4.69, 9.17) is 5.14 Å². The Hall–Kier alpha value is -1.76. The zero-order valence-corrected chi connectivity index (χ0v) is 21.9. The number of hydrogen-bond acceptors (Lipinski definition) is 5. The summed E-state index contributed by atoms with van der Waals surface area (Å²) < 4.78 is 28.6. The molecule has 1 saturated carbocycles. The van der Waals surface area contributed by atoms with Crippen molar-refractivity contribution in [3.8, 4) is 11.1 Å². The van der Waals surface area contributed by atoms with Gasteiger partial charge in [0.25, 0.3) is 0 Å².